The Kier molecular flexibility index (Phi) is 2.60. The number of benzene rings is 1. The number of thiol groups is 1. The Morgan fingerprint density at radius 1 is 1.31 bits per heavy atom. The lowest BCUT2D eigenvalue weighted by molar-refractivity contribution is -0.0614. The predicted octanol–water partition coefficient (Wildman–Crippen LogP) is 2.21. The van der Waals surface area contributed by atoms with Crippen molar-refractivity contribution in [2.24, 2.45) is 0 Å². The molecule has 0 amide bonds. The third kappa shape index (κ3) is 1.54. The zero-order valence-electron chi connectivity index (χ0n) is 9.24. The van der Waals surface area contributed by atoms with E-state index in [-0.39, 0.29) is 5.41 Å². The van der Waals surface area contributed by atoms with E-state index in [1.807, 2.05) is 0 Å². The third-order valence-electron chi connectivity index (χ3n) is 3.65. The molecule has 2 heterocycles. The zero-order chi connectivity index (χ0) is 11.0. The molecular formula is C13H16O2S. The number of hydrogen-bond acceptors (Lipinski definition) is 3. The summed E-state index contributed by atoms with van der Waals surface area (Å²) in [6.45, 7) is 2.51. The maximum absolute atomic E-state index is 5.53. The second kappa shape index (κ2) is 3.97. The Bertz CT molecular complexity index is 399. The molecule has 0 aliphatic carbocycles. The first-order valence-electron chi connectivity index (χ1n) is 5.79. The van der Waals surface area contributed by atoms with Crippen LogP contribution in [0.4, 0.5) is 0 Å². The molecule has 0 bridgehead atoms. The topological polar surface area (TPSA) is 18.5 Å². The van der Waals surface area contributed by atoms with Gasteiger partial charge in [-0.15, -0.1) is 0 Å². The minimum absolute atomic E-state index is 0.222. The van der Waals surface area contributed by atoms with Gasteiger partial charge >= 0.3 is 0 Å². The minimum atomic E-state index is 0.222. The van der Waals surface area contributed by atoms with E-state index in [9.17, 15) is 0 Å². The fraction of sp³-hybridized carbons (Fsp3) is 0.538. The first-order valence-corrected chi connectivity index (χ1v) is 6.42. The van der Waals surface area contributed by atoms with Gasteiger partial charge in [0.15, 0.2) is 0 Å². The molecule has 0 aromatic heterocycles. The maximum Gasteiger partial charge on any atom is 0.122 e. The fourth-order valence-electron chi connectivity index (χ4n) is 2.53. The van der Waals surface area contributed by atoms with Gasteiger partial charge in [-0.1, -0.05) is 12.1 Å². The number of fused-ring (bicyclic) bond motifs is 1. The van der Waals surface area contributed by atoms with Crippen LogP contribution < -0.4 is 4.74 Å². The van der Waals surface area contributed by atoms with Crippen LogP contribution in [0.25, 0.3) is 0 Å². The highest BCUT2D eigenvalue weighted by molar-refractivity contribution is 7.80. The third-order valence-corrected chi connectivity index (χ3v) is 3.87. The van der Waals surface area contributed by atoms with Gasteiger partial charge in [-0.05, 0) is 29.4 Å². The number of rotatable bonds is 3. The van der Waals surface area contributed by atoms with Crippen molar-refractivity contribution in [2.45, 2.75) is 18.3 Å². The molecule has 2 aliphatic heterocycles. The summed E-state index contributed by atoms with van der Waals surface area (Å²) in [5.41, 5.74) is 2.97. The standard InChI is InChI=1S/C13H16O2S/c16-6-4-13(8-14-9-13)11-1-2-12-10(7-11)3-5-15-12/h1-2,7,16H,3-6,8-9H2. The van der Waals surface area contributed by atoms with E-state index < -0.39 is 0 Å². The highest BCUT2D eigenvalue weighted by Crippen LogP contribution is 2.38. The Morgan fingerprint density at radius 3 is 2.88 bits per heavy atom. The van der Waals surface area contributed by atoms with Crippen molar-refractivity contribution in [3.05, 3.63) is 29.3 Å². The van der Waals surface area contributed by atoms with Crippen LogP contribution in [0, 0.1) is 0 Å². The van der Waals surface area contributed by atoms with Crippen LogP contribution in [-0.4, -0.2) is 25.6 Å². The second-order valence-electron chi connectivity index (χ2n) is 4.67. The first kappa shape index (κ1) is 10.5. The normalized spacial score (nSPS) is 21.1. The Labute approximate surface area is 101 Å². The highest BCUT2D eigenvalue weighted by Gasteiger charge is 2.39. The Morgan fingerprint density at radius 2 is 2.19 bits per heavy atom. The molecule has 1 saturated heterocycles. The van der Waals surface area contributed by atoms with Crippen molar-refractivity contribution in [1.29, 1.82) is 0 Å². The molecule has 1 aromatic carbocycles. The lowest BCUT2D eigenvalue weighted by Crippen LogP contribution is -2.47. The van der Waals surface area contributed by atoms with Gasteiger partial charge in [0.1, 0.15) is 5.75 Å². The average Bonchev–Trinajstić information content (AvgIpc) is 2.70. The Balaban J connectivity index is 1.93. The van der Waals surface area contributed by atoms with Crippen LogP contribution in [-0.2, 0) is 16.6 Å². The molecule has 1 fully saturated rings. The summed E-state index contributed by atoms with van der Waals surface area (Å²) in [4.78, 5) is 0. The van der Waals surface area contributed by atoms with Gasteiger partial charge in [0, 0.05) is 11.8 Å². The largest absolute Gasteiger partial charge is 0.493 e. The van der Waals surface area contributed by atoms with Crippen LogP contribution in [0.2, 0.25) is 0 Å². The molecule has 2 nitrogen and oxygen atoms in total. The van der Waals surface area contributed by atoms with Crippen molar-refractivity contribution < 1.29 is 9.47 Å². The lowest BCUT2D eigenvalue weighted by atomic mass is 9.76. The molecule has 86 valence electrons. The minimum Gasteiger partial charge on any atom is -0.493 e. The Hall–Kier alpha value is -0.670. The van der Waals surface area contributed by atoms with Crippen molar-refractivity contribution >= 4 is 12.6 Å². The summed E-state index contributed by atoms with van der Waals surface area (Å²) in [7, 11) is 0. The van der Waals surface area contributed by atoms with E-state index in [2.05, 4.69) is 30.8 Å². The van der Waals surface area contributed by atoms with E-state index in [0.29, 0.717) is 0 Å². The van der Waals surface area contributed by atoms with Gasteiger partial charge in [0.2, 0.25) is 0 Å². The summed E-state index contributed by atoms with van der Waals surface area (Å²) in [5, 5.41) is 0. The fourth-order valence-corrected chi connectivity index (χ4v) is 2.96. The van der Waals surface area contributed by atoms with Crippen LogP contribution >= 0.6 is 12.6 Å². The molecule has 1 aromatic rings. The van der Waals surface area contributed by atoms with Gasteiger partial charge in [-0.2, -0.15) is 12.6 Å². The maximum atomic E-state index is 5.53. The van der Waals surface area contributed by atoms with Gasteiger partial charge < -0.3 is 9.47 Å². The van der Waals surface area contributed by atoms with Crippen LogP contribution in [0.3, 0.4) is 0 Å². The molecule has 16 heavy (non-hydrogen) atoms. The summed E-state index contributed by atoms with van der Waals surface area (Å²) in [6, 6.07) is 6.60. The second-order valence-corrected chi connectivity index (χ2v) is 5.11. The van der Waals surface area contributed by atoms with Crippen molar-refractivity contribution in [3.63, 3.8) is 0 Å². The molecule has 0 N–H and O–H groups in total. The van der Waals surface area contributed by atoms with Gasteiger partial charge in [-0.3, -0.25) is 0 Å². The summed E-state index contributed by atoms with van der Waals surface area (Å²) in [6.07, 6.45) is 2.14. The van der Waals surface area contributed by atoms with Crippen LogP contribution in [0.1, 0.15) is 17.5 Å². The smallest absolute Gasteiger partial charge is 0.122 e. The number of ether oxygens (including phenoxy) is 2. The molecule has 0 spiro atoms. The first-order chi connectivity index (χ1) is 7.84. The summed E-state index contributed by atoms with van der Waals surface area (Å²) >= 11 is 4.35. The predicted molar refractivity (Wildman–Crippen MR) is 66.6 cm³/mol. The van der Waals surface area contributed by atoms with E-state index in [1.165, 1.54) is 11.1 Å². The monoisotopic (exact) mass is 236 g/mol. The zero-order valence-corrected chi connectivity index (χ0v) is 10.1. The molecule has 2 aliphatic rings. The quantitative estimate of drug-likeness (QED) is 0.811. The average molecular weight is 236 g/mol. The van der Waals surface area contributed by atoms with E-state index >= 15 is 0 Å². The highest BCUT2D eigenvalue weighted by atomic mass is 32.1. The number of hydrogen-bond donors (Lipinski definition) is 1. The molecular weight excluding hydrogens is 220 g/mol. The van der Waals surface area contributed by atoms with Gasteiger partial charge in [0.05, 0.1) is 19.8 Å². The summed E-state index contributed by atoms with van der Waals surface area (Å²) < 4.78 is 10.9. The molecule has 3 rings (SSSR count). The van der Waals surface area contributed by atoms with Crippen molar-refractivity contribution in [3.8, 4) is 5.75 Å². The molecule has 0 saturated carbocycles. The van der Waals surface area contributed by atoms with E-state index in [0.717, 1.165) is 44.2 Å². The van der Waals surface area contributed by atoms with Crippen LogP contribution in [0.5, 0.6) is 5.75 Å². The van der Waals surface area contributed by atoms with E-state index in [4.69, 9.17) is 9.47 Å². The lowest BCUT2D eigenvalue weighted by Gasteiger charge is -2.42. The van der Waals surface area contributed by atoms with Crippen molar-refractivity contribution in [2.75, 3.05) is 25.6 Å². The molecule has 0 radical (unpaired) electrons. The van der Waals surface area contributed by atoms with Crippen molar-refractivity contribution in [1.82, 2.24) is 0 Å². The van der Waals surface area contributed by atoms with Gasteiger partial charge in [0.25, 0.3) is 0 Å². The molecule has 3 heteroatoms. The van der Waals surface area contributed by atoms with Crippen LogP contribution in [0.15, 0.2) is 18.2 Å². The molecule has 0 unspecified atom stereocenters. The van der Waals surface area contributed by atoms with Gasteiger partial charge in [-0.25, -0.2) is 0 Å². The summed E-state index contributed by atoms with van der Waals surface area (Å²) in [5.74, 6) is 1.97. The molecule has 0 atom stereocenters. The van der Waals surface area contributed by atoms with E-state index in [1.54, 1.807) is 0 Å². The SMILES string of the molecule is SCCC1(c2ccc3c(c2)CCO3)COC1.